The van der Waals surface area contributed by atoms with Crippen molar-refractivity contribution in [2.45, 2.75) is 6.92 Å². The number of esters is 1. The lowest BCUT2D eigenvalue weighted by Crippen LogP contribution is -2.49. The third kappa shape index (κ3) is 4.87. The minimum atomic E-state index is -0.748. The standard InChI is InChI=1S/C20H20FN3O5/c1-14-2-3-15(12-18(14)21)20(26)29-13-19(25)23-10-8-22(9-11-23)16-4-6-17(7-5-16)24(27)28/h2-7,12H,8-11,13H2,1H3. The molecule has 1 saturated heterocycles. The molecule has 1 fully saturated rings. The maximum absolute atomic E-state index is 13.5. The molecule has 1 aliphatic rings. The number of non-ortho nitro benzene ring substituents is 1. The molecule has 0 radical (unpaired) electrons. The minimum Gasteiger partial charge on any atom is -0.452 e. The maximum Gasteiger partial charge on any atom is 0.338 e. The van der Waals surface area contributed by atoms with Gasteiger partial charge in [-0.3, -0.25) is 14.9 Å². The molecule has 0 unspecified atom stereocenters. The molecule has 9 heteroatoms. The second-order valence-corrected chi connectivity index (χ2v) is 6.68. The zero-order valence-corrected chi connectivity index (χ0v) is 15.8. The lowest BCUT2D eigenvalue weighted by Gasteiger charge is -2.36. The Labute approximate surface area is 166 Å². The van der Waals surface area contributed by atoms with Gasteiger partial charge in [-0.1, -0.05) is 6.07 Å². The van der Waals surface area contributed by atoms with Crippen LogP contribution in [0.3, 0.4) is 0 Å². The van der Waals surface area contributed by atoms with Crippen LogP contribution in [-0.2, 0) is 9.53 Å². The van der Waals surface area contributed by atoms with Gasteiger partial charge in [-0.2, -0.15) is 0 Å². The highest BCUT2D eigenvalue weighted by Crippen LogP contribution is 2.20. The molecule has 0 spiro atoms. The van der Waals surface area contributed by atoms with Gasteiger partial charge in [-0.25, -0.2) is 9.18 Å². The van der Waals surface area contributed by atoms with Crippen molar-refractivity contribution < 1.29 is 23.6 Å². The summed E-state index contributed by atoms with van der Waals surface area (Å²) in [5.74, 6) is -1.58. The second-order valence-electron chi connectivity index (χ2n) is 6.68. The van der Waals surface area contributed by atoms with Crippen LogP contribution in [0.2, 0.25) is 0 Å². The largest absolute Gasteiger partial charge is 0.452 e. The fourth-order valence-electron chi connectivity index (χ4n) is 3.02. The van der Waals surface area contributed by atoms with Crippen molar-refractivity contribution in [1.29, 1.82) is 0 Å². The van der Waals surface area contributed by atoms with E-state index < -0.39 is 23.3 Å². The van der Waals surface area contributed by atoms with Crippen LogP contribution in [0, 0.1) is 22.9 Å². The highest BCUT2D eigenvalue weighted by molar-refractivity contribution is 5.91. The van der Waals surface area contributed by atoms with E-state index in [0.717, 1.165) is 11.8 Å². The van der Waals surface area contributed by atoms with E-state index in [9.17, 15) is 24.1 Å². The molecule has 1 aliphatic heterocycles. The third-order valence-electron chi connectivity index (χ3n) is 4.79. The van der Waals surface area contributed by atoms with Crippen molar-refractivity contribution in [3.8, 4) is 0 Å². The molecule has 0 aromatic heterocycles. The summed E-state index contributed by atoms with van der Waals surface area (Å²) >= 11 is 0. The number of piperazine rings is 1. The second kappa shape index (κ2) is 8.68. The van der Waals surface area contributed by atoms with Crippen molar-refractivity contribution in [2.24, 2.45) is 0 Å². The molecule has 0 N–H and O–H groups in total. The molecule has 152 valence electrons. The number of nitro benzene ring substituents is 1. The van der Waals surface area contributed by atoms with Gasteiger partial charge in [0.1, 0.15) is 5.82 Å². The topological polar surface area (TPSA) is 93.0 Å². The van der Waals surface area contributed by atoms with Gasteiger partial charge >= 0.3 is 5.97 Å². The van der Waals surface area contributed by atoms with Crippen LogP contribution in [0.4, 0.5) is 15.8 Å². The Morgan fingerprint density at radius 2 is 1.76 bits per heavy atom. The quantitative estimate of drug-likeness (QED) is 0.434. The van der Waals surface area contributed by atoms with E-state index >= 15 is 0 Å². The number of nitrogens with zero attached hydrogens (tertiary/aromatic N) is 3. The van der Waals surface area contributed by atoms with Crippen molar-refractivity contribution in [3.05, 3.63) is 69.5 Å². The van der Waals surface area contributed by atoms with Crippen LogP contribution in [0.5, 0.6) is 0 Å². The Hall–Kier alpha value is -3.49. The first-order valence-electron chi connectivity index (χ1n) is 9.05. The van der Waals surface area contributed by atoms with Crippen LogP contribution >= 0.6 is 0 Å². The number of ether oxygens (including phenoxy) is 1. The first-order chi connectivity index (χ1) is 13.8. The van der Waals surface area contributed by atoms with Gasteiger partial charge in [-0.05, 0) is 36.8 Å². The molecular weight excluding hydrogens is 381 g/mol. The monoisotopic (exact) mass is 401 g/mol. The summed E-state index contributed by atoms with van der Waals surface area (Å²) in [6.45, 7) is 3.16. The normalized spacial score (nSPS) is 13.9. The van der Waals surface area contributed by atoms with Gasteiger partial charge in [0.25, 0.3) is 11.6 Å². The molecule has 1 heterocycles. The van der Waals surface area contributed by atoms with Gasteiger partial charge in [0.2, 0.25) is 0 Å². The van der Waals surface area contributed by atoms with E-state index in [1.807, 2.05) is 4.90 Å². The molecule has 0 atom stereocenters. The summed E-state index contributed by atoms with van der Waals surface area (Å²) in [7, 11) is 0. The van der Waals surface area contributed by atoms with E-state index in [-0.39, 0.29) is 17.2 Å². The predicted octanol–water partition coefficient (Wildman–Crippen LogP) is 2.55. The molecule has 0 aliphatic carbocycles. The van der Waals surface area contributed by atoms with E-state index in [2.05, 4.69) is 0 Å². The fraction of sp³-hybridized carbons (Fsp3) is 0.300. The number of aryl methyl sites for hydroxylation is 1. The van der Waals surface area contributed by atoms with Crippen LogP contribution in [0.25, 0.3) is 0 Å². The van der Waals surface area contributed by atoms with Gasteiger partial charge in [0.05, 0.1) is 10.5 Å². The van der Waals surface area contributed by atoms with Gasteiger partial charge in [0, 0.05) is 44.0 Å². The third-order valence-corrected chi connectivity index (χ3v) is 4.79. The molecule has 1 amide bonds. The Morgan fingerprint density at radius 1 is 1.10 bits per heavy atom. The molecule has 2 aromatic rings. The number of hydrogen-bond acceptors (Lipinski definition) is 6. The van der Waals surface area contributed by atoms with Crippen LogP contribution < -0.4 is 4.90 Å². The zero-order valence-electron chi connectivity index (χ0n) is 15.8. The van der Waals surface area contributed by atoms with Crippen LogP contribution in [0.15, 0.2) is 42.5 Å². The molecule has 29 heavy (non-hydrogen) atoms. The number of halogens is 1. The predicted molar refractivity (Wildman–Crippen MR) is 103 cm³/mol. The Morgan fingerprint density at radius 3 is 2.34 bits per heavy atom. The fourth-order valence-corrected chi connectivity index (χ4v) is 3.02. The van der Waals surface area contributed by atoms with Crippen molar-refractivity contribution in [3.63, 3.8) is 0 Å². The molecule has 2 aromatic carbocycles. The molecule has 0 saturated carbocycles. The summed E-state index contributed by atoms with van der Waals surface area (Å²) in [5, 5.41) is 10.7. The zero-order chi connectivity index (χ0) is 21.0. The Bertz CT molecular complexity index is 924. The van der Waals surface area contributed by atoms with Gasteiger partial charge in [0.15, 0.2) is 6.61 Å². The molecule has 8 nitrogen and oxygen atoms in total. The summed E-state index contributed by atoms with van der Waals surface area (Å²) in [6.07, 6.45) is 0. The number of benzene rings is 2. The first-order valence-corrected chi connectivity index (χ1v) is 9.05. The summed E-state index contributed by atoms with van der Waals surface area (Å²) in [4.78, 5) is 38.2. The summed E-state index contributed by atoms with van der Waals surface area (Å²) in [5.41, 5.74) is 1.35. The van der Waals surface area contributed by atoms with Gasteiger partial charge < -0.3 is 14.5 Å². The van der Waals surface area contributed by atoms with E-state index in [4.69, 9.17) is 4.74 Å². The molecule has 3 rings (SSSR count). The highest BCUT2D eigenvalue weighted by Gasteiger charge is 2.23. The Kier molecular flexibility index (Phi) is 6.06. The average molecular weight is 401 g/mol. The number of rotatable bonds is 5. The highest BCUT2D eigenvalue weighted by atomic mass is 19.1. The number of nitro groups is 1. The number of amides is 1. The minimum absolute atomic E-state index is 0.0258. The first kappa shape index (κ1) is 20.2. The number of anilines is 1. The SMILES string of the molecule is Cc1ccc(C(=O)OCC(=O)N2CCN(c3ccc([N+](=O)[O-])cc3)CC2)cc1F. The van der Waals surface area contributed by atoms with Gasteiger partial charge in [-0.15, -0.1) is 0 Å². The lowest BCUT2D eigenvalue weighted by atomic mass is 10.1. The lowest BCUT2D eigenvalue weighted by molar-refractivity contribution is -0.384. The van der Waals surface area contributed by atoms with Crippen LogP contribution in [0.1, 0.15) is 15.9 Å². The molecule has 0 bridgehead atoms. The van der Waals surface area contributed by atoms with E-state index in [1.54, 1.807) is 24.0 Å². The smallest absolute Gasteiger partial charge is 0.338 e. The summed E-state index contributed by atoms with van der Waals surface area (Å²) < 4.78 is 18.6. The number of carbonyl (C=O) groups is 2. The maximum atomic E-state index is 13.5. The summed E-state index contributed by atoms with van der Waals surface area (Å²) in [6, 6.07) is 10.3. The average Bonchev–Trinajstić information content (AvgIpc) is 2.74. The van der Waals surface area contributed by atoms with Crippen molar-refractivity contribution in [1.82, 2.24) is 4.90 Å². The van der Waals surface area contributed by atoms with E-state index in [1.165, 1.54) is 24.3 Å². The van der Waals surface area contributed by atoms with E-state index in [0.29, 0.717) is 31.7 Å². The number of hydrogen-bond donors (Lipinski definition) is 0. The van der Waals surface area contributed by atoms with Crippen molar-refractivity contribution >= 4 is 23.3 Å². The molecular formula is C20H20FN3O5. The van der Waals surface area contributed by atoms with Crippen LogP contribution in [-0.4, -0.2) is 54.5 Å². The number of carbonyl (C=O) groups excluding carboxylic acids is 2. The Balaban J connectivity index is 1.49. The van der Waals surface area contributed by atoms with Crippen molar-refractivity contribution in [2.75, 3.05) is 37.7 Å².